The van der Waals surface area contributed by atoms with Crippen LogP contribution in [-0.2, 0) is 6.54 Å². The van der Waals surface area contributed by atoms with E-state index in [4.69, 9.17) is 0 Å². The van der Waals surface area contributed by atoms with Gasteiger partial charge in [-0.05, 0) is 50.1 Å². The molecule has 0 aliphatic rings. The zero-order valence-corrected chi connectivity index (χ0v) is 12.4. The molecular formula is C15H21FN4. The normalized spacial score (nSPS) is 11.3. The van der Waals surface area contributed by atoms with Gasteiger partial charge < -0.3 is 5.32 Å². The van der Waals surface area contributed by atoms with Gasteiger partial charge in [-0.1, -0.05) is 13.8 Å². The van der Waals surface area contributed by atoms with Gasteiger partial charge in [-0.25, -0.2) is 14.1 Å². The van der Waals surface area contributed by atoms with Gasteiger partial charge in [-0.3, -0.25) is 0 Å². The Bertz CT molecular complexity index is 590. The number of aryl methyl sites for hydroxylation is 2. The van der Waals surface area contributed by atoms with Gasteiger partial charge in [-0.2, -0.15) is 5.10 Å². The fraction of sp³-hybridized carbons (Fsp3) is 0.467. The molecule has 2 rings (SSSR count). The van der Waals surface area contributed by atoms with Crippen LogP contribution in [0.5, 0.6) is 0 Å². The summed E-state index contributed by atoms with van der Waals surface area (Å²) in [4.78, 5) is 4.30. The summed E-state index contributed by atoms with van der Waals surface area (Å²) in [6.07, 6.45) is 0. The maximum absolute atomic E-state index is 13.5. The van der Waals surface area contributed by atoms with E-state index in [1.807, 2.05) is 13.8 Å². The van der Waals surface area contributed by atoms with Crippen molar-refractivity contribution in [1.29, 1.82) is 0 Å². The molecule has 2 aromatic rings. The van der Waals surface area contributed by atoms with Crippen LogP contribution in [0.1, 0.15) is 31.1 Å². The first kappa shape index (κ1) is 14.7. The molecule has 5 heteroatoms. The molecule has 1 aromatic carbocycles. The van der Waals surface area contributed by atoms with Crippen molar-refractivity contribution in [3.8, 4) is 5.69 Å². The monoisotopic (exact) mass is 276 g/mol. The molecule has 1 heterocycles. The highest BCUT2D eigenvalue weighted by atomic mass is 19.1. The van der Waals surface area contributed by atoms with Crippen LogP contribution in [0, 0.1) is 25.6 Å². The van der Waals surface area contributed by atoms with Crippen molar-refractivity contribution in [3.63, 3.8) is 0 Å². The maximum atomic E-state index is 13.5. The van der Waals surface area contributed by atoms with Crippen LogP contribution in [0.3, 0.4) is 0 Å². The lowest BCUT2D eigenvalue weighted by atomic mass is 10.1. The molecule has 1 aromatic heterocycles. The summed E-state index contributed by atoms with van der Waals surface area (Å²) in [5, 5.41) is 7.71. The second-order valence-corrected chi connectivity index (χ2v) is 5.42. The Hall–Kier alpha value is -1.75. The molecule has 108 valence electrons. The van der Waals surface area contributed by atoms with Crippen molar-refractivity contribution in [2.24, 2.45) is 5.92 Å². The highest BCUT2D eigenvalue weighted by molar-refractivity contribution is 5.41. The molecule has 0 saturated carbocycles. The van der Waals surface area contributed by atoms with E-state index in [0.717, 1.165) is 23.6 Å². The Balaban J connectivity index is 2.30. The molecular weight excluding hydrogens is 255 g/mol. The Morgan fingerprint density at radius 1 is 1.30 bits per heavy atom. The quantitative estimate of drug-likeness (QED) is 0.913. The number of nitrogens with one attached hydrogen (secondary N) is 1. The van der Waals surface area contributed by atoms with Gasteiger partial charge in [0.15, 0.2) is 0 Å². The van der Waals surface area contributed by atoms with E-state index in [0.29, 0.717) is 18.3 Å². The van der Waals surface area contributed by atoms with Gasteiger partial charge in [-0.15, -0.1) is 0 Å². The highest BCUT2D eigenvalue weighted by Crippen LogP contribution is 2.17. The predicted molar refractivity (Wildman–Crippen MR) is 77.3 cm³/mol. The molecule has 0 saturated heterocycles. The van der Waals surface area contributed by atoms with E-state index >= 15 is 0 Å². The molecule has 0 amide bonds. The van der Waals surface area contributed by atoms with Crippen LogP contribution in [0.15, 0.2) is 18.2 Å². The number of halogens is 1. The molecule has 1 N–H and O–H groups in total. The van der Waals surface area contributed by atoms with Crippen molar-refractivity contribution < 1.29 is 4.39 Å². The summed E-state index contributed by atoms with van der Waals surface area (Å²) in [7, 11) is 0. The number of aromatic nitrogens is 3. The van der Waals surface area contributed by atoms with Crippen molar-refractivity contribution in [3.05, 3.63) is 41.2 Å². The Morgan fingerprint density at radius 2 is 2.05 bits per heavy atom. The number of hydrogen-bond donors (Lipinski definition) is 1. The summed E-state index contributed by atoms with van der Waals surface area (Å²) >= 11 is 0. The van der Waals surface area contributed by atoms with E-state index in [1.165, 1.54) is 6.07 Å². The number of rotatable bonds is 5. The minimum Gasteiger partial charge on any atom is -0.312 e. The van der Waals surface area contributed by atoms with Crippen LogP contribution in [0.2, 0.25) is 0 Å². The van der Waals surface area contributed by atoms with Gasteiger partial charge >= 0.3 is 0 Å². The van der Waals surface area contributed by atoms with Crippen LogP contribution in [-0.4, -0.2) is 21.3 Å². The molecule has 0 aliphatic heterocycles. The summed E-state index contributed by atoms with van der Waals surface area (Å²) < 4.78 is 15.2. The average molecular weight is 276 g/mol. The third-order valence-corrected chi connectivity index (χ3v) is 3.01. The summed E-state index contributed by atoms with van der Waals surface area (Å²) in [6.45, 7) is 9.54. The standard InChI is InChI=1S/C15H21FN4/c1-10(2)8-17-9-13-7-14(16)5-6-15(13)20-12(4)18-11(3)19-20/h5-7,10,17H,8-9H2,1-4H3. The van der Waals surface area contributed by atoms with E-state index < -0.39 is 0 Å². The van der Waals surface area contributed by atoms with Crippen molar-refractivity contribution in [2.45, 2.75) is 34.2 Å². The highest BCUT2D eigenvalue weighted by Gasteiger charge is 2.11. The molecule has 0 aliphatic carbocycles. The predicted octanol–water partition coefficient (Wildman–Crippen LogP) is 2.77. The number of nitrogens with zero attached hydrogens (tertiary/aromatic N) is 3. The lowest BCUT2D eigenvalue weighted by Crippen LogP contribution is -2.20. The average Bonchev–Trinajstić information content (AvgIpc) is 2.68. The molecule has 0 spiro atoms. The molecule has 0 radical (unpaired) electrons. The van der Waals surface area contributed by atoms with Gasteiger partial charge in [0, 0.05) is 6.54 Å². The van der Waals surface area contributed by atoms with Gasteiger partial charge in [0.25, 0.3) is 0 Å². The van der Waals surface area contributed by atoms with Crippen molar-refractivity contribution in [1.82, 2.24) is 20.1 Å². The first-order chi connectivity index (χ1) is 9.47. The largest absolute Gasteiger partial charge is 0.312 e. The van der Waals surface area contributed by atoms with Crippen LogP contribution < -0.4 is 5.32 Å². The van der Waals surface area contributed by atoms with Crippen LogP contribution in [0.4, 0.5) is 4.39 Å². The van der Waals surface area contributed by atoms with Gasteiger partial charge in [0.1, 0.15) is 17.5 Å². The molecule has 0 atom stereocenters. The molecule has 0 fully saturated rings. The summed E-state index contributed by atoms with van der Waals surface area (Å²) in [5.74, 6) is 1.85. The Morgan fingerprint density at radius 3 is 2.65 bits per heavy atom. The van der Waals surface area contributed by atoms with E-state index in [2.05, 4.69) is 29.2 Å². The molecule has 20 heavy (non-hydrogen) atoms. The fourth-order valence-electron chi connectivity index (χ4n) is 2.15. The first-order valence-electron chi connectivity index (χ1n) is 6.87. The summed E-state index contributed by atoms with van der Waals surface area (Å²) in [5.41, 5.74) is 1.76. The Kier molecular flexibility index (Phi) is 4.49. The second kappa shape index (κ2) is 6.13. The van der Waals surface area contributed by atoms with E-state index in [-0.39, 0.29) is 5.82 Å². The number of hydrogen-bond acceptors (Lipinski definition) is 3. The van der Waals surface area contributed by atoms with Crippen molar-refractivity contribution >= 4 is 0 Å². The second-order valence-electron chi connectivity index (χ2n) is 5.42. The third kappa shape index (κ3) is 3.42. The molecule has 4 nitrogen and oxygen atoms in total. The van der Waals surface area contributed by atoms with E-state index in [9.17, 15) is 4.39 Å². The first-order valence-corrected chi connectivity index (χ1v) is 6.87. The van der Waals surface area contributed by atoms with Gasteiger partial charge in [0.2, 0.25) is 0 Å². The van der Waals surface area contributed by atoms with E-state index in [1.54, 1.807) is 16.8 Å². The fourth-order valence-corrected chi connectivity index (χ4v) is 2.15. The Labute approximate surface area is 119 Å². The van der Waals surface area contributed by atoms with Crippen molar-refractivity contribution in [2.75, 3.05) is 6.54 Å². The minimum absolute atomic E-state index is 0.232. The minimum atomic E-state index is -0.232. The number of benzene rings is 1. The summed E-state index contributed by atoms with van der Waals surface area (Å²) in [6, 6.07) is 4.76. The topological polar surface area (TPSA) is 42.7 Å². The smallest absolute Gasteiger partial charge is 0.148 e. The van der Waals surface area contributed by atoms with Gasteiger partial charge in [0.05, 0.1) is 5.69 Å². The van der Waals surface area contributed by atoms with Crippen LogP contribution >= 0.6 is 0 Å². The SMILES string of the molecule is Cc1nc(C)n(-c2ccc(F)cc2CNCC(C)C)n1. The lowest BCUT2D eigenvalue weighted by molar-refractivity contribution is 0.548. The van der Waals surface area contributed by atoms with Crippen LogP contribution in [0.25, 0.3) is 5.69 Å². The maximum Gasteiger partial charge on any atom is 0.148 e. The lowest BCUT2D eigenvalue weighted by Gasteiger charge is -2.12. The zero-order valence-electron chi connectivity index (χ0n) is 12.4. The molecule has 0 bridgehead atoms. The third-order valence-electron chi connectivity index (χ3n) is 3.01. The zero-order chi connectivity index (χ0) is 14.7. The molecule has 0 unspecified atom stereocenters.